The van der Waals surface area contributed by atoms with Crippen molar-refractivity contribution in [2.75, 3.05) is 24.5 Å². The lowest BCUT2D eigenvalue weighted by Crippen LogP contribution is -2.43. The van der Waals surface area contributed by atoms with E-state index in [1.165, 1.54) is 0 Å². The van der Waals surface area contributed by atoms with E-state index >= 15 is 0 Å². The van der Waals surface area contributed by atoms with Gasteiger partial charge in [-0.2, -0.15) is 0 Å². The van der Waals surface area contributed by atoms with Gasteiger partial charge in [-0.05, 0) is 47.3 Å². The second-order valence-electron chi connectivity index (χ2n) is 6.28. The van der Waals surface area contributed by atoms with E-state index in [-0.39, 0.29) is 11.8 Å². The SMILES string of the molecule is CCCCNC(=O)C1CCCN(c2ccnc3cc(Br)cnc23)C1. The predicted molar refractivity (Wildman–Crippen MR) is 100 cm³/mol. The van der Waals surface area contributed by atoms with Gasteiger partial charge < -0.3 is 10.2 Å². The third kappa shape index (κ3) is 3.86. The Balaban J connectivity index is 1.76. The first kappa shape index (κ1) is 17.1. The average molecular weight is 391 g/mol. The van der Waals surface area contributed by atoms with E-state index in [1.807, 2.05) is 18.3 Å². The van der Waals surface area contributed by atoms with Crippen molar-refractivity contribution in [3.63, 3.8) is 0 Å². The minimum atomic E-state index is 0.0502. The van der Waals surface area contributed by atoms with E-state index < -0.39 is 0 Å². The summed E-state index contributed by atoms with van der Waals surface area (Å²) in [6, 6.07) is 3.98. The van der Waals surface area contributed by atoms with Crippen molar-refractivity contribution in [2.45, 2.75) is 32.6 Å². The van der Waals surface area contributed by atoms with Crippen molar-refractivity contribution in [3.05, 3.63) is 29.0 Å². The number of nitrogens with one attached hydrogen (secondary N) is 1. The van der Waals surface area contributed by atoms with Crippen molar-refractivity contribution in [1.82, 2.24) is 15.3 Å². The van der Waals surface area contributed by atoms with Crippen LogP contribution in [0, 0.1) is 5.92 Å². The topological polar surface area (TPSA) is 58.1 Å². The molecule has 0 aromatic carbocycles. The highest BCUT2D eigenvalue weighted by Gasteiger charge is 2.26. The highest BCUT2D eigenvalue weighted by atomic mass is 79.9. The third-order valence-corrected chi connectivity index (χ3v) is 4.92. The number of hydrogen-bond donors (Lipinski definition) is 1. The van der Waals surface area contributed by atoms with Crippen LogP contribution in [0.1, 0.15) is 32.6 Å². The summed E-state index contributed by atoms with van der Waals surface area (Å²) >= 11 is 3.44. The molecule has 0 radical (unpaired) electrons. The summed E-state index contributed by atoms with van der Waals surface area (Å²) in [5.41, 5.74) is 2.84. The van der Waals surface area contributed by atoms with Crippen molar-refractivity contribution in [3.8, 4) is 0 Å². The van der Waals surface area contributed by atoms with Crippen LogP contribution in [0.3, 0.4) is 0 Å². The van der Waals surface area contributed by atoms with Crippen molar-refractivity contribution in [1.29, 1.82) is 0 Å². The van der Waals surface area contributed by atoms with Crippen molar-refractivity contribution < 1.29 is 4.79 Å². The van der Waals surface area contributed by atoms with Gasteiger partial charge >= 0.3 is 0 Å². The van der Waals surface area contributed by atoms with Gasteiger partial charge in [0.05, 0.1) is 17.1 Å². The summed E-state index contributed by atoms with van der Waals surface area (Å²) in [5.74, 6) is 0.233. The summed E-state index contributed by atoms with van der Waals surface area (Å²) in [6.07, 6.45) is 7.73. The van der Waals surface area contributed by atoms with E-state index in [9.17, 15) is 4.79 Å². The van der Waals surface area contributed by atoms with Gasteiger partial charge in [-0.3, -0.25) is 14.8 Å². The van der Waals surface area contributed by atoms with E-state index in [0.29, 0.717) is 0 Å². The number of carbonyl (C=O) groups is 1. The fraction of sp³-hybridized carbons (Fsp3) is 0.500. The second-order valence-corrected chi connectivity index (χ2v) is 7.20. The second kappa shape index (κ2) is 7.92. The smallest absolute Gasteiger partial charge is 0.224 e. The number of amides is 1. The highest BCUT2D eigenvalue weighted by molar-refractivity contribution is 9.10. The lowest BCUT2D eigenvalue weighted by atomic mass is 9.96. The maximum atomic E-state index is 12.4. The third-order valence-electron chi connectivity index (χ3n) is 4.49. The molecule has 2 aromatic heterocycles. The van der Waals surface area contributed by atoms with Gasteiger partial charge in [-0.15, -0.1) is 0 Å². The lowest BCUT2D eigenvalue weighted by molar-refractivity contribution is -0.125. The molecule has 1 atom stereocenters. The van der Waals surface area contributed by atoms with Gasteiger partial charge in [-0.1, -0.05) is 13.3 Å². The average Bonchev–Trinajstić information content (AvgIpc) is 2.61. The number of aromatic nitrogens is 2. The number of carbonyl (C=O) groups excluding carboxylic acids is 1. The van der Waals surface area contributed by atoms with Gasteiger partial charge in [-0.25, -0.2) is 0 Å². The fourth-order valence-electron chi connectivity index (χ4n) is 3.19. The number of unbranched alkanes of at least 4 members (excludes halogenated alkanes) is 1. The van der Waals surface area contributed by atoms with Gasteiger partial charge in [0.15, 0.2) is 0 Å². The number of pyridine rings is 2. The number of nitrogens with zero attached hydrogens (tertiary/aromatic N) is 3. The zero-order valence-electron chi connectivity index (χ0n) is 14.0. The fourth-order valence-corrected chi connectivity index (χ4v) is 3.51. The maximum Gasteiger partial charge on any atom is 0.224 e. The molecule has 1 fully saturated rings. The summed E-state index contributed by atoms with van der Waals surface area (Å²) in [6.45, 7) is 4.61. The molecule has 3 rings (SSSR count). The molecule has 1 N–H and O–H groups in total. The van der Waals surface area contributed by atoms with Crippen LogP contribution in [0.2, 0.25) is 0 Å². The molecule has 0 spiro atoms. The quantitative estimate of drug-likeness (QED) is 0.793. The number of halogens is 1. The number of rotatable bonds is 5. The molecule has 1 amide bonds. The normalized spacial score (nSPS) is 17.9. The highest BCUT2D eigenvalue weighted by Crippen LogP contribution is 2.29. The van der Waals surface area contributed by atoms with Gasteiger partial charge in [0.1, 0.15) is 5.52 Å². The van der Waals surface area contributed by atoms with Crippen LogP contribution < -0.4 is 10.2 Å². The molecule has 128 valence electrons. The molecule has 6 heteroatoms. The largest absolute Gasteiger partial charge is 0.369 e. The first-order valence-electron chi connectivity index (χ1n) is 8.62. The van der Waals surface area contributed by atoms with Gasteiger partial charge in [0, 0.05) is 36.5 Å². The Labute approximate surface area is 151 Å². The monoisotopic (exact) mass is 390 g/mol. The van der Waals surface area contributed by atoms with E-state index in [4.69, 9.17) is 0 Å². The molecule has 1 saturated heterocycles. The van der Waals surface area contributed by atoms with Crippen molar-refractivity contribution >= 4 is 38.6 Å². The van der Waals surface area contributed by atoms with Crippen LogP contribution in [-0.2, 0) is 4.79 Å². The molecule has 0 saturated carbocycles. The molecule has 3 heterocycles. The number of piperidine rings is 1. The van der Waals surface area contributed by atoms with E-state index in [2.05, 4.69) is 43.0 Å². The molecular formula is C18H23BrN4O. The molecule has 1 aliphatic rings. The molecule has 1 aliphatic heterocycles. The minimum absolute atomic E-state index is 0.0502. The number of fused-ring (bicyclic) bond motifs is 1. The Bertz CT molecular complexity index is 721. The number of anilines is 1. The van der Waals surface area contributed by atoms with Gasteiger partial charge in [0.25, 0.3) is 0 Å². The molecule has 2 aromatic rings. The Kier molecular flexibility index (Phi) is 5.66. The molecule has 0 bridgehead atoms. The molecular weight excluding hydrogens is 368 g/mol. The van der Waals surface area contributed by atoms with Crippen LogP contribution in [0.4, 0.5) is 5.69 Å². The number of hydrogen-bond acceptors (Lipinski definition) is 4. The Morgan fingerprint density at radius 2 is 2.33 bits per heavy atom. The zero-order valence-corrected chi connectivity index (χ0v) is 15.6. The predicted octanol–water partition coefficient (Wildman–Crippen LogP) is 3.53. The van der Waals surface area contributed by atoms with Crippen LogP contribution >= 0.6 is 15.9 Å². The lowest BCUT2D eigenvalue weighted by Gasteiger charge is -2.34. The zero-order chi connectivity index (χ0) is 16.9. The van der Waals surface area contributed by atoms with Crippen LogP contribution in [0.25, 0.3) is 11.0 Å². The van der Waals surface area contributed by atoms with E-state index in [0.717, 1.165) is 66.5 Å². The van der Waals surface area contributed by atoms with Crippen LogP contribution in [0.5, 0.6) is 0 Å². The summed E-state index contributed by atoms with van der Waals surface area (Å²) in [4.78, 5) is 23.6. The molecule has 5 nitrogen and oxygen atoms in total. The molecule has 24 heavy (non-hydrogen) atoms. The summed E-state index contributed by atoms with van der Waals surface area (Å²) in [5, 5.41) is 3.07. The van der Waals surface area contributed by atoms with Crippen LogP contribution in [-0.4, -0.2) is 35.5 Å². The summed E-state index contributed by atoms with van der Waals surface area (Å²) < 4.78 is 0.923. The van der Waals surface area contributed by atoms with E-state index in [1.54, 1.807) is 6.20 Å². The maximum absolute atomic E-state index is 12.4. The minimum Gasteiger partial charge on any atom is -0.369 e. The standard InChI is InChI=1S/C18H23BrN4O/c1-2-3-7-21-18(24)13-5-4-9-23(12-13)16-6-8-20-15-10-14(19)11-22-17(15)16/h6,8,10-11,13H,2-5,7,9,12H2,1H3,(H,21,24). The van der Waals surface area contributed by atoms with Gasteiger partial charge in [0.2, 0.25) is 5.91 Å². The van der Waals surface area contributed by atoms with Crippen LogP contribution in [0.15, 0.2) is 29.0 Å². The Morgan fingerprint density at radius 1 is 1.46 bits per heavy atom. The Hall–Kier alpha value is -1.69. The first-order valence-corrected chi connectivity index (χ1v) is 9.41. The molecule has 1 unspecified atom stereocenters. The summed E-state index contributed by atoms with van der Waals surface area (Å²) in [7, 11) is 0. The van der Waals surface area contributed by atoms with Crippen molar-refractivity contribution in [2.24, 2.45) is 5.92 Å². The Morgan fingerprint density at radius 3 is 3.17 bits per heavy atom. The first-order chi connectivity index (χ1) is 11.7. The molecule has 0 aliphatic carbocycles.